The van der Waals surface area contributed by atoms with E-state index in [1.165, 1.54) is 13.0 Å². The molecule has 0 rings (SSSR count). The van der Waals surface area contributed by atoms with Gasteiger partial charge in [0.05, 0.1) is 0 Å². The highest BCUT2D eigenvalue weighted by Gasteiger charge is 2.00. The lowest BCUT2D eigenvalue weighted by atomic mass is 10.2. The molecule has 0 unspecified atom stereocenters. The summed E-state index contributed by atoms with van der Waals surface area (Å²) in [6, 6.07) is 0. The number of hydrogen-bond acceptors (Lipinski definition) is 3. The van der Waals surface area contributed by atoms with E-state index >= 15 is 0 Å². The Bertz CT molecular complexity index is 211. The third kappa shape index (κ3) is 4.45. The number of carboxylic acids is 1. The van der Waals surface area contributed by atoms with Crippen LogP contribution in [-0.4, -0.2) is 17.0 Å². The minimum Gasteiger partial charge on any atom is -0.478 e. The summed E-state index contributed by atoms with van der Waals surface area (Å²) < 4.78 is 0. The largest absolute Gasteiger partial charge is 0.478 e. The zero-order valence-electron chi connectivity index (χ0n) is 6.83. The van der Waals surface area contributed by atoms with Crippen LogP contribution in [0.2, 0.25) is 0 Å². The van der Waals surface area contributed by atoms with Crippen molar-refractivity contribution in [3.63, 3.8) is 0 Å². The Hall–Kier alpha value is -1.36. The maximum Gasteiger partial charge on any atom is 0.330 e. The molecule has 4 N–H and O–H groups in total. The fourth-order valence-corrected chi connectivity index (χ4v) is 0.579. The van der Waals surface area contributed by atoms with Crippen LogP contribution in [0.4, 0.5) is 0 Å². The monoisotopic (exact) mass is 172 g/mol. The summed E-state index contributed by atoms with van der Waals surface area (Å²) in [6.07, 6.45) is 2.08. The van der Waals surface area contributed by atoms with Crippen molar-refractivity contribution >= 4 is 11.9 Å². The van der Waals surface area contributed by atoms with E-state index < -0.39 is 5.97 Å². The summed E-state index contributed by atoms with van der Waals surface area (Å²) in [7, 11) is 0. The molecule has 0 fully saturated rings. The zero-order chi connectivity index (χ0) is 9.56. The van der Waals surface area contributed by atoms with Crippen molar-refractivity contribution in [3.8, 4) is 0 Å². The van der Waals surface area contributed by atoms with E-state index in [-0.39, 0.29) is 17.9 Å². The molecule has 0 bridgehead atoms. The van der Waals surface area contributed by atoms with E-state index in [0.29, 0.717) is 6.42 Å². The van der Waals surface area contributed by atoms with Gasteiger partial charge in [0.15, 0.2) is 0 Å². The number of allylic oxidation sites excluding steroid dienone is 1. The number of nitrogens with two attached hydrogens (primary N) is 1. The minimum absolute atomic E-state index is 0.209. The first kappa shape index (κ1) is 10.6. The second-order valence-electron chi connectivity index (χ2n) is 2.30. The molecule has 0 atom stereocenters. The Kier molecular flexibility index (Phi) is 4.71. The molecule has 1 amide bonds. The second-order valence-corrected chi connectivity index (χ2v) is 2.30. The molecule has 0 aromatic heterocycles. The fraction of sp³-hybridized carbons (Fsp3) is 0.429. The van der Waals surface area contributed by atoms with Crippen LogP contribution in [0.1, 0.15) is 19.8 Å². The van der Waals surface area contributed by atoms with Gasteiger partial charge in [-0.1, -0.05) is 6.08 Å². The van der Waals surface area contributed by atoms with E-state index in [4.69, 9.17) is 10.9 Å². The summed E-state index contributed by atoms with van der Waals surface area (Å²) in [5, 5.41) is 8.41. The lowest BCUT2D eigenvalue weighted by molar-refractivity contribution is -0.132. The maximum atomic E-state index is 10.6. The van der Waals surface area contributed by atoms with Crippen molar-refractivity contribution < 1.29 is 14.7 Å². The summed E-state index contributed by atoms with van der Waals surface area (Å²) in [5.74, 6) is 3.54. The molecule has 5 heteroatoms. The standard InChI is InChI=1S/C7H12N2O3/c1-5(7(11)12)3-2-4-6(10)9-8/h3H,2,4,8H2,1H3,(H,9,10)(H,11,12). The molecule has 0 radical (unpaired) electrons. The minimum atomic E-state index is -0.969. The quantitative estimate of drug-likeness (QED) is 0.237. The van der Waals surface area contributed by atoms with Crippen molar-refractivity contribution in [2.24, 2.45) is 5.84 Å². The van der Waals surface area contributed by atoms with Crippen molar-refractivity contribution in [2.45, 2.75) is 19.8 Å². The van der Waals surface area contributed by atoms with Gasteiger partial charge >= 0.3 is 5.97 Å². The predicted octanol–water partition coefficient (Wildman–Crippen LogP) is -0.213. The highest BCUT2D eigenvalue weighted by Crippen LogP contribution is 1.97. The summed E-state index contributed by atoms with van der Waals surface area (Å²) in [5.41, 5.74) is 2.19. The van der Waals surface area contributed by atoms with Gasteiger partial charge in [0, 0.05) is 12.0 Å². The number of amides is 1. The Labute approximate surface area is 70.2 Å². The van der Waals surface area contributed by atoms with E-state index in [2.05, 4.69) is 0 Å². The molecule has 0 aliphatic carbocycles. The number of hydrogen-bond donors (Lipinski definition) is 3. The molecule has 0 aliphatic rings. The summed E-state index contributed by atoms with van der Waals surface area (Å²) in [4.78, 5) is 20.8. The topological polar surface area (TPSA) is 92.4 Å². The number of nitrogens with one attached hydrogen (secondary N) is 1. The van der Waals surface area contributed by atoms with Crippen LogP contribution in [0.5, 0.6) is 0 Å². The van der Waals surface area contributed by atoms with Crippen LogP contribution < -0.4 is 11.3 Å². The number of rotatable bonds is 4. The molecule has 0 saturated carbocycles. The van der Waals surface area contributed by atoms with E-state index in [9.17, 15) is 9.59 Å². The molecule has 12 heavy (non-hydrogen) atoms. The number of carbonyl (C=O) groups excluding carboxylic acids is 1. The number of carboxylic acid groups (broad SMARTS) is 1. The number of aliphatic carboxylic acids is 1. The molecule has 0 spiro atoms. The fourth-order valence-electron chi connectivity index (χ4n) is 0.579. The van der Waals surface area contributed by atoms with Gasteiger partial charge in [-0.05, 0) is 13.3 Å². The molecule has 0 aliphatic heterocycles. The number of hydrazine groups is 1. The highest BCUT2D eigenvalue weighted by atomic mass is 16.4. The Morgan fingerprint density at radius 2 is 2.17 bits per heavy atom. The molecule has 68 valence electrons. The van der Waals surface area contributed by atoms with Crippen molar-refractivity contribution in [1.82, 2.24) is 5.43 Å². The van der Waals surface area contributed by atoms with E-state index in [1.54, 1.807) is 0 Å². The predicted molar refractivity (Wildman–Crippen MR) is 43.0 cm³/mol. The SMILES string of the molecule is CC(=CCCC(=O)NN)C(=O)O. The Morgan fingerprint density at radius 3 is 2.58 bits per heavy atom. The normalized spacial score (nSPS) is 11.0. The number of carbonyl (C=O) groups is 2. The Morgan fingerprint density at radius 1 is 1.58 bits per heavy atom. The average molecular weight is 172 g/mol. The van der Waals surface area contributed by atoms with Crippen molar-refractivity contribution in [2.75, 3.05) is 0 Å². The van der Waals surface area contributed by atoms with Gasteiger partial charge in [0.25, 0.3) is 0 Å². The average Bonchev–Trinajstić information content (AvgIpc) is 2.03. The lowest BCUT2D eigenvalue weighted by Gasteiger charge is -1.95. The first-order valence-electron chi connectivity index (χ1n) is 3.47. The van der Waals surface area contributed by atoms with Crippen LogP contribution in [0.15, 0.2) is 11.6 Å². The van der Waals surface area contributed by atoms with Crippen LogP contribution in [0, 0.1) is 0 Å². The van der Waals surface area contributed by atoms with E-state index in [0.717, 1.165) is 0 Å². The van der Waals surface area contributed by atoms with Gasteiger partial charge in [-0.15, -0.1) is 0 Å². The highest BCUT2D eigenvalue weighted by molar-refractivity contribution is 5.85. The maximum absolute atomic E-state index is 10.6. The Balaban J connectivity index is 3.75. The van der Waals surface area contributed by atoms with Crippen LogP contribution in [-0.2, 0) is 9.59 Å². The lowest BCUT2D eigenvalue weighted by Crippen LogP contribution is -2.29. The second kappa shape index (κ2) is 5.31. The van der Waals surface area contributed by atoms with Gasteiger partial charge in [-0.25, -0.2) is 10.6 Å². The van der Waals surface area contributed by atoms with Crippen LogP contribution in [0.3, 0.4) is 0 Å². The molecular weight excluding hydrogens is 160 g/mol. The van der Waals surface area contributed by atoms with Crippen LogP contribution in [0.25, 0.3) is 0 Å². The first-order valence-corrected chi connectivity index (χ1v) is 3.47. The van der Waals surface area contributed by atoms with Crippen molar-refractivity contribution in [3.05, 3.63) is 11.6 Å². The summed E-state index contributed by atoms with van der Waals surface area (Å²) >= 11 is 0. The summed E-state index contributed by atoms with van der Waals surface area (Å²) in [6.45, 7) is 1.47. The zero-order valence-corrected chi connectivity index (χ0v) is 6.83. The third-order valence-electron chi connectivity index (χ3n) is 1.32. The van der Waals surface area contributed by atoms with Gasteiger partial charge in [-0.2, -0.15) is 0 Å². The van der Waals surface area contributed by atoms with Gasteiger partial charge in [0.2, 0.25) is 5.91 Å². The molecular formula is C7H12N2O3. The molecule has 0 aromatic carbocycles. The van der Waals surface area contributed by atoms with Gasteiger partial charge < -0.3 is 5.11 Å². The van der Waals surface area contributed by atoms with Gasteiger partial charge in [-0.3, -0.25) is 10.2 Å². The molecule has 0 saturated heterocycles. The third-order valence-corrected chi connectivity index (χ3v) is 1.32. The first-order chi connectivity index (χ1) is 5.57. The smallest absolute Gasteiger partial charge is 0.330 e. The van der Waals surface area contributed by atoms with Crippen LogP contribution >= 0.6 is 0 Å². The van der Waals surface area contributed by atoms with Gasteiger partial charge in [0.1, 0.15) is 0 Å². The molecule has 0 heterocycles. The van der Waals surface area contributed by atoms with Crippen molar-refractivity contribution in [1.29, 1.82) is 0 Å². The van der Waals surface area contributed by atoms with E-state index in [1.807, 2.05) is 5.43 Å². The molecule has 0 aromatic rings. The molecule has 5 nitrogen and oxygen atoms in total.